The Hall–Kier alpha value is -0.835. The molecule has 0 spiro atoms. The van der Waals surface area contributed by atoms with Gasteiger partial charge in [-0.05, 0) is 52.3 Å². The van der Waals surface area contributed by atoms with Crippen molar-refractivity contribution in [1.82, 2.24) is 4.98 Å². The molecule has 102 valence electrons. The highest BCUT2D eigenvalue weighted by atomic mass is 35.5. The Kier molecular flexibility index (Phi) is 3.78. The summed E-state index contributed by atoms with van der Waals surface area (Å²) in [6, 6.07) is 3.86. The number of rotatable bonds is 2. The van der Waals surface area contributed by atoms with E-state index in [0.29, 0.717) is 5.15 Å². The van der Waals surface area contributed by atoms with Crippen LogP contribution in [0.1, 0.15) is 39.0 Å². The minimum atomic E-state index is -0.355. The minimum absolute atomic E-state index is 0.319. The number of hydrogen-bond acceptors (Lipinski definition) is 3. The van der Waals surface area contributed by atoms with E-state index >= 15 is 0 Å². The molecular formula is C14H19BClNO2. The lowest BCUT2D eigenvalue weighted by atomic mass is 9.89. The molecule has 1 aliphatic heterocycles. The summed E-state index contributed by atoms with van der Waals surface area (Å²) in [5.74, 6) is 1.87. The van der Waals surface area contributed by atoms with Crippen LogP contribution in [0.4, 0.5) is 0 Å². The predicted molar refractivity (Wildman–Crippen MR) is 79.1 cm³/mol. The number of aromatic nitrogens is 1. The van der Waals surface area contributed by atoms with Gasteiger partial charge in [-0.1, -0.05) is 23.6 Å². The SMILES string of the molecule is Cc1ccc(/C=C/B2OC(C)(C)C(C)(C)O2)nc1Cl. The van der Waals surface area contributed by atoms with Crippen molar-refractivity contribution in [2.24, 2.45) is 0 Å². The van der Waals surface area contributed by atoms with Crippen molar-refractivity contribution in [2.45, 2.75) is 45.8 Å². The molecule has 0 amide bonds. The molecule has 19 heavy (non-hydrogen) atoms. The van der Waals surface area contributed by atoms with Gasteiger partial charge < -0.3 is 9.31 Å². The van der Waals surface area contributed by atoms with Gasteiger partial charge in [-0.15, -0.1) is 0 Å². The molecule has 1 saturated heterocycles. The Labute approximate surface area is 120 Å². The second-order valence-corrected chi connectivity index (χ2v) is 6.19. The summed E-state index contributed by atoms with van der Waals surface area (Å²) in [5, 5.41) is 0.524. The molecule has 0 radical (unpaired) electrons. The fraction of sp³-hybridized carbons (Fsp3) is 0.500. The molecule has 2 rings (SSSR count). The van der Waals surface area contributed by atoms with Gasteiger partial charge in [0.25, 0.3) is 0 Å². The van der Waals surface area contributed by atoms with Crippen molar-refractivity contribution >= 4 is 24.8 Å². The smallest absolute Gasteiger partial charge is 0.400 e. The third-order valence-corrected chi connectivity index (χ3v) is 4.13. The molecular weight excluding hydrogens is 260 g/mol. The van der Waals surface area contributed by atoms with Crippen molar-refractivity contribution in [3.8, 4) is 0 Å². The molecule has 3 nitrogen and oxygen atoms in total. The summed E-state index contributed by atoms with van der Waals surface area (Å²) >= 11 is 5.99. The van der Waals surface area contributed by atoms with Gasteiger partial charge in [-0.2, -0.15) is 0 Å². The zero-order valence-electron chi connectivity index (χ0n) is 12.0. The van der Waals surface area contributed by atoms with Crippen molar-refractivity contribution in [3.63, 3.8) is 0 Å². The van der Waals surface area contributed by atoms with Crippen molar-refractivity contribution < 1.29 is 9.31 Å². The van der Waals surface area contributed by atoms with Crippen LogP contribution in [0.25, 0.3) is 6.08 Å². The molecule has 0 bridgehead atoms. The zero-order valence-corrected chi connectivity index (χ0v) is 12.8. The molecule has 1 aromatic heterocycles. The summed E-state index contributed by atoms with van der Waals surface area (Å²) in [6.45, 7) is 10.0. The lowest BCUT2D eigenvalue weighted by Gasteiger charge is -2.32. The molecule has 2 heterocycles. The Morgan fingerprint density at radius 3 is 2.26 bits per heavy atom. The first-order valence-electron chi connectivity index (χ1n) is 6.38. The van der Waals surface area contributed by atoms with E-state index < -0.39 is 0 Å². The third-order valence-electron chi connectivity index (χ3n) is 3.75. The quantitative estimate of drug-likeness (QED) is 0.611. The highest BCUT2D eigenvalue weighted by Gasteiger charge is 2.49. The van der Waals surface area contributed by atoms with E-state index in [-0.39, 0.29) is 18.3 Å². The van der Waals surface area contributed by atoms with E-state index in [0.717, 1.165) is 11.3 Å². The fourth-order valence-corrected chi connectivity index (χ4v) is 1.92. The van der Waals surface area contributed by atoms with Gasteiger partial charge in [-0.3, -0.25) is 0 Å². The van der Waals surface area contributed by atoms with Crippen molar-refractivity contribution in [3.05, 3.63) is 34.5 Å². The normalized spacial score (nSPS) is 21.3. The number of hydrogen-bond donors (Lipinski definition) is 0. The van der Waals surface area contributed by atoms with E-state index in [1.54, 1.807) is 0 Å². The maximum absolute atomic E-state index is 5.99. The average molecular weight is 280 g/mol. The van der Waals surface area contributed by atoms with E-state index in [1.165, 1.54) is 0 Å². The Balaban J connectivity index is 2.10. The van der Waals surface area contributed by atoms with Crippen molar-refractivity contribution in [1.29, 1.82) is 0 Å². The molecule has 1 aliphatic rings. The standard InChI is InChI=1S/C14H19BClNO2/c1-10-6-7-11(17-12(10)16)8-9-15-18-13(2,3)14(4,5)19-15/h6-9H,1-5H3/b9-8+. The van der Waals surface area contributed by atoms with Gasteiger partial charge in [-0.25, -0.2) is 4.98 Å². The zero-order chi connectivity index (χ0) is 14.3. The number of aryl methyl sites for hydroxylation is 1. The summed E-state index contributed by atoms with van der Waals surface area (Å²) < 4.78 is 11.7. The Bertz CT molecular complexity index is 498. The van der Waals surface area contributed by atoms with Gasteiger partial charge in [0.15, 0.2) is 0 Å². The number of halogens is 1. The van der Waals surface area contributed by atoms with Gasteiger partial charge in [0, 0.05) is 0 Å². The first-order chi connectivity index (χ1) is 8.71. The topological polar surface area (TPSA) is 31.4 Å². The minimum Gasteiger partial charge on any atom is -0.400 e. The molecule has 0 aromatic carbocycles. The summed E-state index contributed by atoms with van der Waals surface area (Å²) in [6.07, 6.45) is 1.87. The highest BCUT2D eigenvalue weighted by molar-refractivity contribution is 6.52. The van der Waals surface area contributed by atoms with E-state index in [1.807, 2.05) is 58.8 Å². The van der Waals surface area contributed by atoms with Gasteiger partial charge in [0.1, 0.15) is 5.15 Å². The Morgan fingerprint density at radius 2 is 1.74 bits per heavy atom. The molecule has 0 aliphatic carbocycles. The van der Waals surface area contributed by atoms with Crippen LogP contribution >= 0.6 is 11.6 Å². The van der Waals surface area contributed by atoms with Crippen LogP contribution in [-0.4, -0.2) is 23.3 Å². The fourth-order valence-electron chi connectivity index (χ4n) is 1.76. The molecule has 0 unspecified atom stereocenters. The van der Waals surface area contributed by atoms with Crippen LogP contribution < -0.4 is 0 Å². The summed E-state index contributed by atoms with van der Waals surface area (Å²) in [5.41, 5.74) is 1.13. The second-order valence-electron chi connectivity index (χ2n) is 5.83. The Morgan fingerprint density at radius 1 is 1.16 bits per heavy atom. The number of nitrogens with zero attached hydrogens (tertiary/aromatic N) is 1. The maximum atomic E-state index is 5.99. The first kappa shape index (κ1) is 14.6. The van der Waals surface area contributed by atoms with Gasteiger partial charge >= 0.3 is 7.12 Å². The van der Waals surface area contributed by atoms with Gasteiger partial charge in [0.05, 0.1) is 16.9 Å². The van der Waals surface area contributed by atoms with Crippen LogP contribution in [0.5, 0.6) is 0 Å². The first-order valence-corrected chi connectivity index (χ1v) is 6.76. The summed E-state index contributed by atoms with van der Waals surface area (Å²) in [4.78, 5) is 4.27. The molecule has 0 N–H and O–H groups in total. The molecule has 1 fully saturated rings. The average Bonchev–Trinajstić information content (AvgIpc) is 2.49. The highest BCUT2D eigenvalue weighted by Crippen LogP contribution is 2.36. The van der Waals surface area contributed by atoms with E-state index in [2.05, 4.69) is 4.98 Å². The molecule has 0 atom stereocenters. The monoisotopic (exact) mass is 279 g/mol. The lowest BCUT2D eigenvalue weighted by Crippen LogP contribution is -2.41. The largest absolute Gasteiger partial charge is 0.487 e. The maximum Gasteiger partial charge on any atom is 0.487 e. The molecule has 5 heteroatoms. The van der Waals surface area contributed by atoms with E-state index in [9.17, 15) is 0 Å². The third kappa shape index (κ3) is 3.02. The second kappa shape index (κ2) is 4.93. The number of pyridine rings is 1. The predicted octanol–water partition coefficient (Wildman–Crippen LogP) is 3.69. The molecule has 0 saturated carbocycles. The van der Waals surface area contributed by atoms with Crippen LogP contribution in [0.3, 0.4) is 0 Å². The lowest BCUT2D eigenvalue weighted by molar-refractivity contribution is 0.00578. The van der Waals surface area contributed by atoms with Crippen LogP contribution in [0, 0.1) is 6.92 Å². The van der Waals surface area contributed by atoms with Crippen LogP contribution in [0.2, 0.25) is 5.15 Å². The molecule has 1 aromatic rings. The van der Waals surface area contributed by atoms with Crippen molar-refractivity contribution in [2.75, 3.05) is 0 Å². The van der Waals surface area contributed by atoms with E-state index in [4.69, 9.17) is 20.9 Å². The van der Waals surface area contributed by atoms with Crippen LogP contribution in [-0.2, 0) is 9.31 Å². The van der Waals surface area contributed by atoms with Gasteiger partial charge in [0.2, 0.25) is 0 Å². The summed E-state index contributed by atoms with van der Waals surface area (Å²) in [7, 11) is -0.355. The van der Waals surface area contributed by atoms with Crippen LogP contribution in [0.15, 0.2) is 18.1 Å².